The van der Waals surface area contributed by atoms with Crippen LogP contribution in [0.15, 0.2) is 0 Å². The third-order valence-corrected chi connectivity index (χ3v) is 1.01. The van der Waals surface area contributed by atoms with Gasteiger partial charge in [0.25, 0.3) is 0 Å². The van der Waals surface area contributed by atoms with Crippen LogP contribution in [0.3, 0.4) is 0 Å². The van der Waals surface area contributed by atoms with Crippen LogP contribution in [-0.4, -0.2) is 24.3 Å². The fraction of sp³-hybridized carbons (Fsp3) is 1.00. The van der Waals surface area contributed by atoms with Gasteiger partial charge < -0.3 is 10.4 Å². The Kier molecular flexibility index (Phi) is 0.995. The Bertz CT molecular complexity index is 101. The Morgan fingerprint density at radius 3 is 3.29 bits per heavy atom. The summed E-state index contributed by atoms with van der Waals surface area (Å²) in [4.78, 5) is 0. The number of hydrogen-bond acceptors (Lipinski definition) is 2. The Balaban J connectivity index is 2.35. The summed E-state index contributed by atoms with van der Waals surface area (Å²) in [6.07, 6.45) is 0.651. The molecule has 1 heterocycles. The smallest absolute Gasteiger partial charge is 0.0665 e. The third-order valence-electron chi connectivity index (χ3n) is 1.01. The van der Waals surface area contributed by atoms with Crippen LogP contribution in [0.5, 0.6) is 0 Å². The van der Waals surface area contributed by atoms with E-state index in [9.17, 15) is 0 Å². The van der Waals surface area contributed by atoms with E-state index in [-0.39, 0.29) is 6.52 Å². The number of aliphatic hydroxyl groups is 1. The molecule has 2 heteroatoms. The Hall–Kier alpha value is -0.0800. The molecule has 1 fully saturated rings. The summed E-state index contributed by atoms with van der Waals surface area (Å²) in [7, 11) is 0. The van der Waals surface area contributed by atoms with Crippen LogP contribution >= 0.6 is 0 Å². The van der Waals surface area contributed by atoms with Crippen molar-refractivity contribution >= 4 is 0 Å². The van der Waals surface area contributed by atoms with Gasteiger partial charge in [0, 0.05) is 9.26 Å². The number of aliphatic hydroxyl groups excluding tert-OH is 1. The monoisotopic (exact) mass is 103 g/mol. The van der Waals surface area contributed by atoms with Crippen molar-refractivity contribution in [2.45, 2.75) is 18.9 Å². The van der Waals surface area contributed by atoms with Crippen LogP contribution in [0.2, 0.25) is 0 Å². The maximum absolute atomic E-state index is 8.96. The first kappa shape index (κ1) is 3.05. The summed E-state index contributed by atoms with van der Waals surface area (Å²) in [6.45, 7) is -1.00. The van der Waals surface area contributed by atoms with Gasteiger partial charge in [0.15, 0.2) is 0 Å². The Morgan fingerprint density at radius 2 is 2.71 bits per heavy atom. The van der Waals surface area contributed by atoms with E-state index >= 15 is 0 Å². The minimum absolute atomic E-state index is 0.351. The molecule has 1 aliphatic rings. The first-order chi connectivity index (χ1) is 4.20. The first-order valence-corrected chi connectivity index (χ1v) is 2.49. The van der Waals surface area contributed by atoms with Crippen LogP contribution in [0.1, 0.15) is 15.6 Å². The van der Waals surface area contributed by atoms with Crippen molar-refractivity contribution in [1.82, 2.24) is 5.32 Å². The number of piperidine rings is 1. The van der Waals surface area contributed by atoms with Crippen LogP contribution in [0, 0.1) is 0 Å². The minimum Gasteiger partial charge on any atom is -0.392 e. The molecular formula is C5H11NO. The van der Waals surface area contributed by atoms with Crippen LogP contribution in [0.25, 0.3) is 0 Å². The highest BCUT2D eigenvalue weighted by atomic mass is 16.3. The summed E-state index contributed by atoms with van der Waals surface area (Å²) in [5.74, 6) is 0. The lowest BCUT2D eigenvalue weighted by Crippen LogP contribution is -2.33. The minimum atomic E-state index is -0.652. The zero-order chi connectivity index (χ0) is 6.85. The molecule has 0 aliphatic carbocycles. The van der Waals surface area contributed by atoms with E-state index in [0.29, 0.717) is 12.8 Å². The molecule has 1 saturated heterocycles. The van der Waals surface area contributed by atoms with Crippen molar-refractivity contribution in [3.63, 3.8) is 0 Å². The second kappa shape index (κ2) is 2.28. The molecule has 1 rings (SSSR count). The lowest BCUT2D eigenvalue weighted by molar-refractivity contribution is 0.142. The van der Waals surface area contributed by atoms with Gasteiger partial charge in [-0.1, -0.05) is 0 Å². The number of β-amino-alcohol motifs (C(OH)–C–C–N with tert-alkyl or cyclic N) is 1. The molecule has 0 spiro atoms. The molecule has 3 atom stereocenters. The van der Waals surface area contributed by atoms with Gasteiger partial charge in [-0.2, -0.15) is 0 Å². The van der Waals surface area contributed by atoms with Gasteiger partial charge in [-0.25, -0.2) is 0 Å². The van der Waals surface area contributed by atoms with Gasteiger partial charge in [0.1, 0.15) is 0 Å². The first-order valence-electron chi connectivity index (χ1n) is 3.64. The van der Waals surface area contributed by atoms with Gasteiger partial charge in [0.05, 0.1) is 6.10 Å². The molecular weight excluding hydrogens is 90.1 g/mol. The van der Waals surface area contributed by atoms with Crippen molar-refractivity contribution in [3.8, 4) is 0 Å². The number of rotatable bonds is 0. The highest BCUT2D eigenvalue weighted by molar-refractivity contribution is 4.65. The van der Waals surface area contributed by atoms with Gasteiger partial charge in [-0.15, -0.1) is 0 Å². The average molecular weight is 103 g/mol. The summed E-state index contributed by atoms with van der Waals surface area (Å²) in [6, 6.07) is 0. The largest absolute Gasteiger partial charge is 0.392 e. The van der Waals surface area contributed by atoms with Gasteiger partial charge in [-0.05, 0) is 19.4 Å². The summed E-state index contributed by atoms with van der Waals surface area (Å²) >= 11 is 0. The van der Waals surface area contributed by atoms with E-state index in [1.165, 1.54) is 0 Å². The van der Waals surface area contributed by atoms with Crippen molar-refractivity contribution in [1.29, 1.82) is 0 Å². The van der Waals surface area contributed by atoms with Crippen LogP contribution in [-0.2, 0) is 0 Å². The van der Waals surface area contributed by atoms with Crippen LogP contribution < -0.4 is 5.32 Å². The van der Waals surface area contributed by atoms with E-state index in [1.807, 2.05) is 0 Å². The van der Waals surface area contributed by atoms with E-state index in [0.717, 1.165) is 0 Å². The second-order valence-corrected chi connectivity index (χ2v) is 1.68. The molecule has 7 heavy (non-hydrogen) atoms. The Morgan fingerprint density at radius 1 is 1.86 bits per heavy atom. The standard InChI is InChI=1S/C5H11NO/c7-5-2-1-3-6-4-5/h5-7H,1-4H2/i3D,4D. The third kappa shape index (κ3) is 1.45. The predicted molar refractivity (Wildman–Crippen MR) is 28.1 cm³/mol. The van der Waals surface area contributed by atoms with Gasteiger partial charge in [0.2, 0.25) is 0 Å². The zero-order valence-electron chi connectivity index (χ0n) is 6.09. The molecule has 0 amide bonds. The molecule has 0 saturated carbocycles. The maximum Gasteiger partial charge on any atom is 0.0665 e. The topological polar surface area (TPSA) is 32.3 Å². The summed E-state index contributed by atoms with van der Waals surface area (Å²) < 4.78 is 14.3. The van der Waals surface area contributed by atoms with Crippen molar-refractivity contribution < 1.29 is 7.85 Å². The summed E-state index contributed by atoms with van der Waals surface area (Å²) in [5.41, 5.74) is 0. The number of nitrogens with one attached hydrogen (secondary N) is 1. The Labute approximate surface area is 46.3 Å². The molecule has 3 unspecified atom stereocenters. The van der Waals surface area contributed by atoms with Crippen molar-refractivity contribution in [3.05, 3.63) is 0 Å². The highest BCUT2D eigenvalue weighted by Crippen LogP contribution is 1.98. The second-order valence-electron chi connectivity index (χ2n) is 1.68. The SMILES string of the molecule is [2H]C1CCC(O)C([2H])N1. The fourth-order valence-electron chi connectivity index (χ4n) is 0.600. The molecule has 0 aromatic heterocycles. The number of hydrogen-bond donors (Lipinski definition) is 2. The predicted octanol–water partition coefficient (Wildman–Crippen LogP) is -0.269. The highest BCUT2D eigenvalue weighted by Gasteiger charge is 2.06. The average Bonchev–Trinajstić information content (AvgIpc) is 1.80. The fourth-order valence-corrected chi connectivity index (χ4v) is 0.600. The molecule has 42 valence electrons. The summed E-state index contributed by atoms with van der Waals surface area (Å²) in [5, 5.41) is 11.6. The van der Waals surface area contributed by atoms with Crippen molar-refractivity contribution in [2.24, 2.45) is 0 Å². The molecule has 2 N–H and O–H groups in total. The molecule has 0 radical (unpaired) electrons. The van der Waals surface area contributed by atoms with E-state index in [1.54, 1.807) is 0 Å². The van der Waals surface area contributed by atoms with Gasteiger partial charge >= 0.3 is 0 Å². The van der Waals surface area contributed by atoms with E-state index < -0.39 is 12.6 Å². The quantitative estimate of drug-likeness (QED) is 0.442. The lowest BCUT2D eigenvalue weighted by Gasteiger charge is -2.16. The molecule has 0 bridgehead atoms. The molecule has 1 aliphatic heterocycles. The van der Waals surface area contributed by atoms with Crippen molar-refractivity contribution in [2.75, 3.05) is 13.0 Å². The zero-order valence-corrected chi connectivity index (χ0v) is 4.09. The van der Waals surface area contributed by atoms with E-state index in [4.69, 9.17) is 7.85 Å². The molecule has 0 aromatic carbocycles. The normalized spacial score (nSPS) is 58.1. The lowest BCUT2D eigenvalue weighted by atomic mass is 10.1. The van der Waals surface area contributed by atoms with Crippen LogP contribution in [0.4, 0.5) is 0 Å². The maximum atomic E-state index is 8.96. The van der Waals surface area contributed by atoms with Gasteiger partial charge in [-0.3, -0.25) is 0 Å². The molecule has 0 aromatic rings. The molecule has 2 nitrogen and oxygen atoms in total. The van der Waals surface area contributed by atoms with E-state index in [2.05, 4.69) is 5.32 Å².